The predicted molar refractivity (Wildman–Crippen MR) is 113 cm³/mol. The van der Waals surface area contributed by atoms with Crippen molar-refractivity contribution in [3.63, 3.8) is 0 Å². The molecule has 0 N–H and O–H groups in total. The fourth-order valence-corrected chi connectivity index (χ4v) is 4.31. The van der Waals surface area contributed by atoms with Crippen LogP contribution >= 0.6 is 0 Å². The molecule has 1 aliphatic rings. The Labute approximate surface area is 166 Å². The lowest BCUT2D eigenvalue weighted by molar-refractivity contribution is -0.0165. The van der Waals surface area contributed by atoms with Gasteiger partial charge in [0, 0.05) is 5.92 Å². The van der Waals surface area contributed by atoms with E-state index in [1.807, 2.05) is 0 Å². The van der Waals surface area contributed by atoms with Crippen LogP contribution in [0.15, 0.2) is 115 Å². The summed E-state index contributed by atoms with van der Waals surface area (Å²) in [6, 6.07) is 40.6. The molecule has 3 atom stereocenters. The van der Waals surface area contributed by atoms with E-state index in [-0.39, 0.29) is 18.1 Å². The Balaban J connectivity index is 1.71. The largest absolute Gasteiger partial charge is 0.360 e. The van der Waals surface area contributed by atoms with Crippen molar-refractivity contribution in [1.82, 2.24) is 0 Å². The maximum atomic E-state index is 6.85. The van der Waals surface area contributed by atoms with Crippen LogP contribution in [0, 0.1) is 0 Å². The van der Waals surface area contributed by atoms with Crippen LogP contribution in [-0.2, 0) is 4.74 Å². The molecule has 0 unspecified atom stereocenters. The van der Waals surface area contributed by atoms with Crippen LogP contribution in [0.1, 0.15) is 45.9 Å². The first-order valence-electron chi connectivity index (χ1n) is 9.81. The smallest absolute Gasteiger partial charge is 0.109 e. The van der Waals surface area contributed by atoms with E-state index in [4.69, 9.17) is 4.74 Å². The molecular formula is C27H22O. The molecule has 136 valence electrons. The van der Waals surface area contributed by atoms with Gasteiger partial charge in [0.05, 0.1) is 6.10 Å². The van der Waals surface area contributed by atoms with Gasteiger partial charge in [0.1, 0.15) is 6.10 Å². The molecule has 0 saturated heterocycles. The summed E-state index contributed by atoms with van der Waals surface area (Å²) in [6.07, 6.45) is -0.105. The molecular weight excluding hydrogens is 340 g/mol. The third-order valence-corrected chi connectivity index (χ3v) is 5.59. The van der Waals surface area contributed by atoms with Crippen molar-refractivity contribution >= 4 is 0 Å². The van der Waals surface area contributed by atoms with Crippen molar-refractivity contribution in [3.05, 3.63) is 143 Å². The molecule has 5 rings (SSSR count). The van der Waals surface area contributed by atoms with Gasteiger partial charge in [-0.25, -0.2) is 0 Å². The Bertz CT molecular complexity index is 1040. The van der Waals surface area contributed by atoms with E-state index in [9.17, 15) is 0 Å². The van der Waals surface area contributed by atoms with Crippen molar-refractivity contribution in [1.29, 1.82) is 0 Å². The molecule has 4 aromatic rings. The topological polar surface area (TPSA) is 9.23 Å². The van der Waals surface area contributed by atoms with Gasteiger partial charge in [-0.3, -0.25) is 0 Å². The van der Waals surface area contributed by atoms with E-state index in [1.54, 1.807) is 0 Å². The van der Waals surface area contributed by atoms with E-state index < -0.39 is 0 Å². The summed E-state index contributed by atoms with van der Waals surface area (Å²) in [5.74, 6) is 0.166. The summed E-state index contributed by atoms with van der Waals surface area (Å²) in [4.78, 5) is 0. The molecule has 0 aliphatic carbocycles. The quantitative estimate of drug-likeness (QED) is 0.395. The standard InChI is InChI=1S/C27H22O/c1-4-12-20(13-5-1)25-23-18-10-11-19-24(23)26(21-14-6-2-7-15-21)28-27(25)22-16-8-3-9-17-22/h1-19,25-27H/t25-,26+,27-/m0/s1. The molecule has 0 spiro atoms. The maximum Gasteiger partial charge on any atom is 0.109 e. The fraction of sp³-hybridized carbons (Fsp3) is 0.111. The number of ether oxygens (including phenoxy) is 1. The Morgan fingerprint density at radius 2 is 0.893 bits per heavy atom. The number of hydrogen-bond donors (Lipinski definition) is 0. The van der Waals surface area contributed by atoms with Gasteiger partial charge in [0.2, 0.25) is 0 Å². The highest BCUT2D eigenvalue weighted by Gasteiger charge is 2.37. The van der Waals surface area contributed by atoms with E-state index in [2.05, 4.69) is 115 Å². The number of hydrogen-bond acceptors (Lipinski definition) is 1. The van der Waals surface area contributed by atoms with Gasteiger partial charge >= 0.3 is 0 Å². The van der Waals surface area contributed by atoms with Crippen LogP contribution in [0.4, 0.5) is 0 Å². The van der Waals surface area contributed by atoms with E-state index >= 15 is 0 Å². The van der Waals surface area contributed by atoms with Crippen LogP contribution in [0.2, 0.25) is 0 Å². The monoisotopic (exact) mass is 362 g/mol. The molecule has 0 amide bonds. The minimum absolute atomic E-state index is 0.0382. The lowest BCUT2D eigenvalue weighted by Crippen LogP contribution is -2.26. The molecule has 1 heteroatoms. The van der Waals surface area contributed by atoms with Crippen molar-refractivity contribution in [3.8, 4) is 0 Å². The van der Waals surface area contributed by atoms with Gasteiger partial charge < -0.3 is 4.74 Å². The number of fused-ring (bicyclic) bond motifs is 1. The molecule has 0 bridgehead atoms. The first-order valence-corrected chi connectivity index (χ1v) is 9.81. The van der Waals surface area contributed by atoms with Crippen LogP contribution in [-0.4, -0.2) is 0 Å². The molecule has 0 fully saturated rings. The molecule has 1 heterocycles. The lowest BCUT2D eigenvalue weighted by Gasteiger charge is -2.39. The normalized spacial score (nSPS) is 21.1. The molecule has 4 aromatic carbocycles. The molecule has 0 saturated carbocycles. The second kappa shape index (κ2) is 7.46. The summed E-state index contributed by atoms with van der Waals surface area (Å²) < 4.78 is 6.85. The van der Waals surface area contributed by atoms with Gasteiger partial charge in [-0.1, -0.05) is 115 Å². The van der Waals surface area contributed by atoms with Crippen LogP contribution in [0.25, 0.3) is 0 Å². The third-order valence-electron chi connectivity index (χ3n) is 5.59. The van der Waals surface area contributed by atoms with Crippen molar-refractivity contribution in [2.45, 2.75) is 18.1 Å². The maximum absolute atomic E-state index is 6.85. The molecule has 0 aromatic heterocycles. The highest BCUT2D eigenvalue weighted by Crippen LogP contribution is 2.50. The second-order valence-corrected chi connectivity index (χ2v) is 7.28. The average molecular weight is 362 g/mol. The van der Waals surface area contributed by atoms with Gasteiger partial charge in [-0.05, 0) is 27.8 Å². The van der Waals surface area contributed by atoms with Crippen LogP contribution in [0.3, 0.4) is 0 Å². The van der Waals surface area contributed by atoms with Crippen molar-refractivity contribution < 1.29 is 4.74 Å². The highest BCUT2D eigenvalue weighted by molar-refractivity contribution is 5.47. The predicted octanol–water partition coefficient (Wildman–Crippen LogP) is 6.68. The Morgan fingerprint density at radius 1 is 0.429 bits per heavy atom. The third kappa shape index (κ3) is 3.04. The van der Waals surface area contributed by atoms with Crippen LogP contribution in [0.5, 0.6) is 0 Å². The summed E-state index contributed by atoms with van der Waals surface area (Å²) in [6.45, 7) is 0. The van der Waals surface area contributed by atoms with E-state index in [0.29, 0.717) is 0 Å². The zero-order valence-electron chi connectivity index (χ0n) is 15.6. The SMILES string of the molecule is c1ccc([C@H]2O[C@@H](c3ccccc3)[C@@H](c3ccccc3)c3ccccc32)cc1. The molecule has 1 aliphatic heterocycles. The first-order chi connectivity index (χ1) is 13.9. The summed E-state index contributed by atoms with van der Waals surface area (Å²) in [5.41, 5.74) is 6.31. The minimum atomic E-state index is -0.0671. The summed E-state index contributed by atoms with van der Waals surface area (Å²) >= 11 is 0. The first kappa shape index (κ1) is 17.0. The van der Waals surface area contributed by atoms with Gasteiger partial charge in [0.25, 0.3) is 0 Å². The Morgan fingerprint density at radius 3 is 1.50 bits per heavy atom. The molecule has 0 radical (unpaired) electrons. The summed E-state index contributed by atoms with van der Waals surface area (Å²) in [5, 5.41) is 0. The molecule has 28 heavy (non-hydrogen) atoms. The Hall–Kier alpha value is -3.16. The van der Waals surface area contributed by atoms with Gasteiger partial charge in [-0.15, -0.1) is 0 Å². The van der Waals surface area contributed by atoms with Crippen LogP contribution < -0.4 is 0 Å². The zero-order chi connectivity index (χ0) is 18.8. The van der Waals surface area contributed by atoms with E-state index in [0.717, 1.165) is 0 Å². The highest BCUT2D eigenvalue weighted by atomic mass is 16.5. The fourth-order valence-electron chi connectivity index (χ4n) is 4.31. The van der Waals surface area contributed by atoms with Gasteiger partial charge in [0.15, 0.2) is 0 Å². The second-order valence-electron chi connectivity index (χ2n) is 7.28. The average Bonchev–Trinajstić information content (AvgIpc) is 2.80. The number of rotatable bonds is 3. The van der Waals surface area contributed by atoms with Crippen molar-refractivity contribution in [2.75, 3.05) is 0 Å². The van der Waals surface area contributed by atoms with E-state index in [1.165, 1.54) is 27.8 Å². The zero-order valence-corrected chi connectivity index (χ0v) is 15.6. The lowest BCUT2D eigenvalue weighted by atomic mass is 9.77. The van der Waals surface area contributed by atoms with Crippen molar-refractivity contribution in [2.24, 2.45) is 0 Å². The minimum Gasteiger partial charge on any atom is -0.360 e. The Kier molecular flexibility index (Phi) is 4.52. The van der Waals surface area contributed by atoms with Gasteiger partial charge in [-0.2, -0.15) is 0 Å². The summed E-state index contributed by atoms with van der Waals surface area (Å²) in [7, 11) is 0. The number of benzene rings is 4. The molecule has 1 nitrogen and oxygen atoms in total.